The highest BCUT2D eigenvalue weighted by molar-refractivity contribution is 5.26. The van der Waals surface area contributed by atoms with Gasteiger partial charge in [-0.15, -0.1) is 0 Å². The highest BCUT2D eigenvalue weighted by atomic mass is 19.1. The quantitative estimate of drug-likeness (QED) is 0.785. The van der Waals surface area contributed by atoms with Crippen molar-refractivity contribution < 1.29 is 9.50 Å². The second kappa shape index (κ2) is 5.11. The minimum absolute atomic E-state index is 0.179. The molecule has 0 aliphatic carbocycles. The minimum Gasteiger partial charge on any atom is -0.396 e. The van der Waals surface area contributed by atoms with Gasteiger partial charge in [-0.3, -0.25) is 0 Å². The Bertz CT molecular complexity index is 296. The van der Waals surface area contributed by atoms with Gasteiger partial charge in [-0.1, -0.05) is 13.0 Å². The molecule has 0 amide bonds. The molecule has 0 aliphatic rings. The summed E-state index contributed by atoms with van der Waals surface area (Å²) in [4.78, 5) is 0. The lowest BCUT2D eigenvalue weighted by molar-refractivity contribution is 0.230. The Kier molecular flexibility index (Phi) is 4.08. The third-order valence-corrected chi connectivity index (χ3v) is 2.52. The zero-order valence-corrected chi connectivity index (χ0v) is 8.76. The Balaban J connectivity index is 2.59. The van der Waals surface area contributed by atoms with Crippen LogP contribution in [0.25, 0.3) is 0 Å². The number of rotatable bonds is 4. The number of hydrogen-bond donors (Lipinski definition) is 1. The summed E-state index contributed by atoms with van der Waals surface area (Å²) < 4.78 is 12.8. The molecular formula is C12H17FO. The molecule has 0 aliphatic heterocycles. The van der Waals surface area contributed by atoms with Crippen LogP contribution in [0, 0.1) is 18.7 Å². The molecule has 14 heavy (non-hydrogen) atoms. The van der Waals surface area contributed by atoms with Gasteiger partial charge in [-0.05, 0) is 48.9 Å². The average Bonchev–Trinajstić information content (AvgIpc) is 2.16. The van der Waals surface area contributed by atoms with Crippen LogP contribution in [-0.2, 0) is 6.42 Å². The largest absolute Gasteiger partial charge is 0.396 e. The molecule has 2 heteroatoms. The molecule has 0 bridgehead atoms. The van der Waals surface area contributed by atoms with Crippen LogP contribution < -0.4 is 0 Å². The molecule has 1 nitrogen and oxygen atoms in total. The average molecular weight is 196 g/mol. The summed E-state index contributed by atoms with van der Waals surface area (Å²) >= 11 is 0. The van der Waals surface area contributed by atoms with E-state index >= 15 is 0 Å². The van der Waals surface area contributed by atoms with Gasteiger partial charge in [0.15, 0.2) is 0 Å². The first-order chi connectivity index (χ1) is 6.63. The topological polar surface area (TPSA) is 20.2 Å². The van der Waals surface area contributed by atoms with Gasteiger partial charge >= 0.3 is 0 Å². The highest BCUT2D eigenvalue weighted by Crippen LogP contribution is 2.14. The number of aryl methyl sites for hydroxylation is 2. The van der Waals surface area contributed by atoms with E-state index in [4.69, 9.17) is 5.11 Å². The monoisotopic (exact) mass is 196 g/mol. The SMILES string of the molecule is Cc1cc(F)ccc1CCC(C)CO. The molecule has 1 atom stereocenters. The summed E-state index contributed by atoms with van der Waals surface area (Å²) in [6, 6.07) is 4.87. The van der Waals surface area contributed by atoms with Gasteiger partial charge in [0, 0.05) is 6.61 Å². The van der Waals surface area contributed by atoms with Gasteiger partial charge in [0.2, 0.25) is 0 Å². The molecule has 1 unspecified atom stereocenters. The predicted molar refractivity (Wildman–Crippen MR) is 55.7 cm³/mol. The molecule has 0 heterocycles. The van der Waals surface area contributed by atoms with E-state index in [-0.39, 0.29) is 12.4 Å². The van der Waals surface area contributed by atoms with E-state index in [0.717, 1.165) is 18.4 Å². The van der Waals surface area contributed by atoms with Gasteiger partial charge in [0.25, 0.3) is 0 Å². The van der Waals surface area contributed by atoms with E-state index < -0.39 is 0 Å². The molecule has 1 rings (SSSR count). The molecule has 0 saturated heterocycles. The number of aliphatic hydroxyl groups is 1. The van der Waals surface area contributed by atoms with Crippen molar-refractivity contribution in [2.75, 3.05) is 6.61 Å². The summed E-state index contributed by atoms with van der Waals surface area (Å²) in [6.07, 6.45) is 1.86. The lowest BCUT2D eigenvalue weighted by Gasteiger charge is -2.09. The molecule has 1 aromatic carbocycles. The third kappa shape index (κ3) is 3.11. The summed E-state index contributed by atoms with van der Waals surface area (Å²) in [5.41, 5.74) is 2.17. The molecule has 1 N–H and O–H groups in total. The number of halogens is 1. The Morgan fingerprint density at radius 1 is 1.43 bits per heavy atom. The van der Waals surface area contributed by atoms with Crippen LogP contribution in [0.4, 0.5) is 4.39 Å². The van der Waals surface area contributed by atoms with Gasteiger partial charge in [0.05, 0.1) is 0 Å². The third-order valence-electron chi connectivity index (χ3n) is 2.52. The number of hydrogen-bond acceptors (Lipinski definition) is 1. The van der Waals surface area contributed by atoms with Crippen molar-refractivity contribution in [3.05, 3.63) is 35.1 Å². The maximum atomic E-state index is 12.8. The molecule has 0 saturated carbocycles. The Morgan fingerprint density at radius 3 is 2.71 bits per heavy atom. The molecule has 1 aromatic rings. The second-order valence-corrected chi connectivity index (χ2v) is 3.90. The minimum atomic E-state index is -0.179. The number of aliphatic hydroxyl groups excluding tert-OH is 1. The van der Waals surface area contributed by atoms with Crippen LogP contribution >= 0.6 is 0 Å². The summed E-state index contributed by atoms with van der Waals surface area (Å²) in [5.74, 6) is 0.140. The number of benzene rings is 1. The lowest BCUT2D eigenvalue weighted by atomic mass is 9.98. The first-order valence-electron chi connectivity index (χ1n) is 4.99. The van der Waals surface area contributed by atoms with Gasteiger partial charge in [-0.2, -0.15) is 0 Å². The van der Waals surface area contributed by atoms with Crippen molar-refractivity contribution in [2.24, 2.45) is 5.92 Å². The fourth-order valence-corrected chi connectivity index (χ4v) is 1.43. The predicted octanol–water partition coefficient (Wildman–Crippen LogP) is 2.70. The van der Waals surface area contributed by atoms with Crippen LogP contribution in [0.3, 0.4) is 0 Å². The maximum Gasteiger partial charge on any atom is 0.123 e. The molecule has 0 spiro atoms. The highest BCUT2D eigenvalue weighted by Gasteiger charge is 2.03. The Labute approximate surface area is 84.6 Å². The van der Waals surface area contributed by atoms with E-state index in [1.807, 2.05) is 19.9 Å². The normalized spacial score (nSPS) is 12.9. The van der Waals surface area contributed by atoms with E-state index in [1.165, 1.54) is 11.6 Å². The molecule has 0 aromatic heterocycles. The van der Waals surface area contributed by atoms with Crippen LogP contribution in [0.2, 0.25) is 0 Å². The zero-order chi connectivity index (χ0) is 10.6. The zero-order valence-electron chi connectivity index (χ0n) is 8.76. The first kappa shape index (κ1) is 11.2. The van der Waals surface area contributed by atoms with E-state index in [0.29, 0.717) is 5.92 Å². The fourth-order valence-electron chi connectivity index (χ4n) is 1.43. The molecule has 0 fully saturated rings. The van der Waals surface area contributed by atoms with Crippen molar-refractivity contribution in [1.82, 2.24) is 0 Å². The van der Waals surface area contributed by atoms with Crippen LogP contribution in [-0.4, -0.2) is 11.7 Å². The van der Waals surface area contributed by atoms with Gasteiger partial charge < -0.3 is 5.11 Å². The first-order valence-corrected chi connectivity index (χ1v) is 4.99. The smallest absolute Gasteiger partial charge is 0.123 e. The summed E-state index contributed by atoms with van der Waals surface area (Å²) in [7, 11) is 0. The van der Waals surface area contributed by atoms with E-state index in [9.17, 15) is 4.39 Å². The summed E-state index contributed by atoms with van der Waals surface area (Å²) in [5, 5.41) is 8.87. The van der Waals surface area contributed by atoms with E-state index in [1.54, 1.807) is 6.07 Å². The molecular weight excluding hydrogens is 179 g/mol. The van der Waals surface area contributed by atoms with Crippen molar-refractivity contribution in [3.8, 4) is 0 Å². The van der Waals surface area contributed by atoms with E-state index in [2.05, 4.69) is 0 Å². The van der Waals surface area contributed by atoms with Gasteiger partial charge in [0.1, 0.15) is 5.82 Å². The van der Waals surface area contributed by atoms with Gasteiger partial charge in [-0.25, -0.2) is 4.39 Å². The van der Waals surface area contributed by atoms with Crippen LogP contribution in [0.15, 0.2) is 18.2 Å². The maximum absolute atomic E-state index is 12.8. The Morgan fingerprint density at radius 2 is 2.14 bits per heavy atom. The van der Waals surface area contributed by atoms with Crippen molar-refractivity contribution in [1.29, 1.82) is 0 Å². The van der Waals surface area contributed by atoms with Crippen molar-refractivity contribution in [3.63, 3.8) is 0 Å². The molecule has 78 valence electrons. The Hall–Kier alpha value is -0.890. The van der Waals surface area contributed by atoms with Crippen molar-refractivity contribution >= 4 is 0 Å². The van der Waals surface area contributed by atoms with Crippen LogP contribution in [0.1, 0.15) is 24.5 Å². The van der Waals surface area contributed by atoms with Crippen LogP contribution in [0.5, 0.6) is 0 Å². The summed E-state index contributed by atoms with van der Waals surface area (Å²) in [6.45, 7) is 4.15. The molecule has 0 radical (unpaired) electrons. The lowest BCUT2D eigenvalue weighted by Crippen LogP contribution is -2.03. The van der Waals surface area contributed by atoms with Crippen molar-refractivity contribution in [2.45, 2.75) is 26.7 Å². The standard InChI is InChI=1S/C12H17FO/c1-9(8-14)3-4-11-5-6-12(13)7-10(11)2/h5-7,9,14H,3-4,8H2,1-2H3. The fraction of sp³-hybridized carbons (Fsp3) is 0.500. The second-order valence-electron chi connectivity index (χ2n) is 3.90.